The summed E-state index contributed by atoms with van der Waals surface area (Å²) in [5, 5.41) is 1.10. The van der Waals surface area contributed by atoms with E-state index >= 15 is 0 Å². The van der Waals surface area contributed by atoms with E-state index < -0.39 is 0 Å². The van der Waals surface area contributed by atoms with Gasteiger partial charge in [0.05, 0.1) is 19.6 Å². The smallest absolute Gasteiger partial charge is 0.313 e. The van der Waals surface area contributed by atoms with E-state index in [-0.39, 0.29) is 11.9 Å². The second kappa shape index (κ2) is 10.9. The average Bonchev–Trinajstić information content (AvgIpc) is 3.33. The summed E-state index contributed by atoms with van der Waals surface area (Å²) in [7, 11) is 1.46. The van der Waals surface area contributed by atoms with Gasteiger partial charge in [-0.3, -0.25) is 4.79 Å². The van der Waals surface area contributed by atoms with Crippen LogP contribution < -0.4 is 9.47 Å². The number of furan rings is 1. The molecule has 4 aromatic rings. The number of fused-ring (bicyclic) bond motifs is 3. The number of benzene rings is 3. The molecular weight excluding hydrogens is 452 g/mol. The van der Waals surface area contributed by atoms with Gasteiger partial charge in [-0.2, -0.15) is 0 Å². The number of hydrogen-bond acceptors (Lipinski definition) is 5. The minimum atomic E-state index is -0.185. The maximum absolute atomic E-state index is 12.3. The van der Waals surface area contributed by atoms with Gasteiger partial charge < -0.3 is 18.6 Å². The Morgan fingerprint density at radius 1 is 1.00 bits per heavy atom. The molecule has 0 radical (unpaired) electrons. The summed E-state index contributed by atoms with van der Waals surface area (Å²) in [6.45, 7) is 2.68. The van der Waals surface area contributed by atoms with Crippen molar-refractivity contribution < 1.29 is 23.4 Å². The Labute approximate surface area is 212 Å². The lowest BCUT2D eigenvalue weighted by Gasteiger charge is -2.23. The molecule has 5 heteroatoms. The predicted octanol–water partition coefficient (Wildman–Crippen LogP) is 7.39. The van der Waals surface area contributed by atoms with Gasteiger partial charge in [0, 0.05) is 11.8 Å². The fraction of sp³-hybridized carbons (Fsp3) is 0.323. The van der Waals surface area contributed by atoms with Crippen molar-refractivity contribution in [1.29, 1.82) is 0 Å². The van der Waals surface area contributed by atoms with Crippen molar-refractivity contribution in [1.82, 2.24) is 0 Å². The molecule has 0 spiro atoms. The fourth-order valence-corrected chi connectivity index (χ4v) is 5.10. The Kier molecular flexibility index (Phi) is 7.26. The zero-order chi connectivity index (χ0) is 24.9. The molecule has 0 N–H and O–H groups in total. The highest BCUT2D eigenvalue weighted by Crippen LogP contribution is 2.38. The van der Waals surface area contributed by atoms with Gasteiger partial charge in [0.15, 0.2) is 0 Å². The summed E-state index contributed by atoms with van der Waals surface area (Å²) in [5.41, 5.74) is 4.29. The number of carbonyl (C=O) groups is 1. The first-order chi connectivity index (χ1) is 17.7. The number of para-hydroxylation sites is 1. The van der Waals surface area contributed by atoms with Crippen LogP contribution in [0, 0.1) is 0 Å². The largest absolute Gasteiger partial charge is 0.493 e. The minimum Gasteiger partial charge on any atom is -0.493 e. The Morgan fingerprint density at radius 2 is 1.86 bits per heavy atom. The Hall–Kier alpha value is -3.73. The van der Waals surface area contributed by atoms with E-state index in [2.05, 4.69) is 19.1 Å². The van der Waals surface area contributed by atoms with Crippen molar-refractivity contribution in [2.45, 2.75) is 51.4 Å². The average molecular weight is 485 g/mol. The lowest BCUT2D eigenvalue weighted by atomic mass is 9.81. The monoisotopic (exact) mass is 484 g/mol. The number of ether oxygens (including phenoxy) is 3. The van der Waals surface area contributed by atoms with E-state index in [1.807, 2.05) is 54.6 Å². The molecule has 0 aliphatic heterocycles. The summed E-state index contributed by atoms with van der Waals surface area (Å²) in [5.74, 6) is 3.06. The molecule has 1 heterocycles. The molecule has 3 aromatic carbocycles. The van der Waals surface area contributed by atoms with Gasteiger partial charge in [0.25, 0.3) is 0 Å². The zero-order valence-electron chi connectivity index (χ0n) is 20.9. The fourth-order valence-electron chi connectivity index (χ4n) is 5.10. The molecule has 0 saturated carbocycles. The van der Waals surface area contributed by atoms with Crippen LogP contribution in [0.25, 0.3) is 11.0 Å². The number of rotatable bonds is 9. The molecule has 1 aliphatic rings. The highest BCUT2D eigenvalue weighted by Gasteiger charge is 2.29. The van der Waals surface area contributed by atoms with Gasteiger partial charge in [0.2, 0.25) is 0 Å². The quantitative estimate of drug-likeness (QED) is 0.232. The van der Waals surface area contributed by atoms with Gasteiger partial charge in [-0.15, -0.1) is 0 Å². The second-order valence-corrected chi connectivity index (χ2v) is 9.26. The highest BCUT2D eigenvalue weighted by atomic mass is 16.5. The first kappa shape index (κ1) is 24.0. The molecule has 5 nitrogen and oxygen atoms in total. The summed E-state index contributed by atoms with van der Waals surface area (Å²) in [4.78, 5) is 12.3. The Bertz CT molecular complexity index is 1340. The highest BCUT2D eigenvalue weighted by molar-refractivity contribution is 5.87. The lowest BCUT2D eigenvalue weighted by Crippen LogP contribution is -2.19. The third-order valence-corrected chi connectivity index (χ3v) is 6.82. The summed E-state index contributed by atoms with van der Waals surface area (Å²) < 4.78 is 23.4. The van der Waals surface area contributed by atoms with Crippen LogP contribution in [0.5, 0.6) is 17.2 Å². The van der Waals surface area contributed by atoms with Crippen molar-refractivity contribution in [3.63, 3.8) is 0 Å². The van der Waals surface area contributed by atoms with Crippen molar-refractivity contribution in [3.8, 4) is 17.2 Å². The van der Waals surface area contributed by atoms with E-state index in [4.69, 9.17) is 18.6 Å². The standard InChI is InChI=1S/C31H32O5/c1-3-8-21-19-23(35-22-9-5-4-6-10-22)13-15-29(21)34-18-17-24-20-28-25-11-7-12-27(31(32)33-2)26(25)14-16-30(28)36-24/h4-6,9-10,13-16,19-20,27H,3,7-8,11-12,17-18H2,1-2H3. The van der Waals surface area contributed by atoms with Gasteiger partial charge in [-0.1, -0.05) is 37.6 Å². The molecule has 0 bridgehead atoms. The molecular formula is C31H32O5. The molecule has 1 atom stereocenters. The molecule has 1 aliphatic carbocycles. The SMILES string of the molecule is CCCc1cc(Oc2ccccc2)ccc1OCCc1cc2c3c(ccc2o1)C(C(=O)OC)CCC3. The zero-order valence-corrected chi connectivity index (χ0v) is 20.9. The van der Waals surface area contributed by atoms with Gasteiger partial charge in [-0.05, 0) is 84.8 Å². The number of aryl methyl sites for hydroxylation is 2. The maximum atomic E-state index is 12.3. The first-order valence-corrected chi connectivity index (χ1v) is 12.8. The van der Waals surface area contributed by atoms with E-state index in [9.17, 15) is 4.79 Å². The molecule has 0 fully saturated rings. The molecule has 1 aromatic heterocycles. The van der Waals surface area contributed by atoms with E-state index in [1.54, 1.807) is 0 Å². The summed E-state index contributed by atoms with van der Waals surface area (Å²) >= 11 is 0. The maximum Gasteiger partial charge on any atom is 0.313 e. The minimum absolute atomic E-state index is 0.157. The molecule has 0 amide bonds. The molecule has 186 valence electrons. The van der Waals surface area contributed by atoms with Crippen LogP contribution in [0.4, 0.5) is 0 Å². The van der Waals surface area contributed by atoms with Crippen LogP contribution in [0.1, 0.15) is 54.6 Å². The Morgan fingerprint density at radius 3 is 2.67 bits per heavy atom. The molecule has 1 unspecified atom stereocenters. The predicted molar refractivity (Wildman–Crippen MR) is 140 cm³/mol. The number of hydrogen-bond donors (Lipinski definition) is 0. The van der Waals surface area contributed by atoms with E-state index in [0.29, 0.717) is 13.0 Å². The van der Waals surface area contributed by atoms with Crippen LogP contribution >= 0.6 is 0 Å². The van der Waals surface area contributed by atoms with Gasteiger partial charge >= 0.3 is 5.97 Å². The van der Waals surface area contributed by atoms with Crippen molar-refractivity contribution >= 4 is 16.9 Å². The Balaban J connectivity index is 1.28. The van der Waals surface area contributed by atoms with Crippen LogP contribution in [-0.4, -0.2) is 19.7 Å². The van der Waals surface area contributed by atoms with Crippen molar-refractivity contribution in [2.75, 3.05) is 13.7 Å². The molecule has 5 rings (SSSR count). The van der Waals surface area contributed by atoms with Crippen LogP contribution in [0.2, 0.25) is 0 Å². The summed E-state index contributed by atoms with van der Waals surface area (Å²) in [6.07, 6.45) is 5.36. The molecule has 36 heavy (non-hydrogen) atoms. The topological polar surface area (TPSA) is 57.9 Å². The van der Waals surface area contributed by atoms with Crippen molar-refractivity contribution in [3.05, 3.63) is 89.2 Å². The van der Waals surface area contributed by atoms with Crippen LogP contribution in [-0.2, 0) is 28.8 Å². The van der Waals surface area contributed by atoms with Crippen LogP contribution in [0.3, 0.4) is 0 Å². The lowest BCUT2D eigenvalue weighted by molar-refractivity contribution is -0.142. The number of carbonyl (C=O) groups excluding carboxylic acids is 1. The number of esters is 1. The van der Waals surface area contributed by atoms with Crippen LogP contribution in [0.15, 0.2) is 71.1 Å². The summed E-state index contributed by atoms with van der Waals surface area (Å²) in [6, 6.07) is 21.9. The molecule has 0 saturated heterocycles. The van der Waals surface area contributed by atoms with Gasteiger partial charge in [0.1, 0.15) is 28.6 Å². The van der Waals surface area contributed by atoms with Crippen molar-refractivity contribution in [2.24, 2.45) is 0 Å². The first-order valence-electron chi connectivity index (χ1n) is 12.8. The van der Waals surface area contributed by atoms with E-state index in [1.165, 1.54) is 12.7 Å². The third-order valence-electron chi connectivity index (χ3n) is 6.82. The van der Waals surface area contributed by atoms with E-state index in [0.717, 1.165) is 77.2 Å². The van der Waals surface area contributed by atoms with Gasteiger partial charge in [-0.25, -0.2) is 0 Å². The number of methoxy groups -OCH3 is 1. The normalized spacial score (nSPS) is 14.9. The third kappa shape index (κ3) is 5.11. The second-order valence-electron chi connectivity index (χ2n) is 9.26.